The molecule has 0 saturated heterocycles. The van der Waals surface area contributed by atoms with Gasteiger partial charge in [-0.15, -0.1) is 0 Å². The molecule has 0 unspecified atom stereocenters. The molecule has 1 N–H and O–H groups in total. The summed E-state index contributed by atoms with van der Waals surface area (Å²) >= 11 is 0. The van der Waals surface area contributed by atoms with Crippen LogP contribution >= 0.6 is 0 Å². The molecule has 4 heteroatoms. The zero-order valence-corrected chi connectivity index (χ0v) is 11.4. The Morgan fingerprint density at radius 1 is 1.00 bits per heavy atom. The van der Waals surface area contributed by atoms with Crippen LogP contribution < -0.4 is 0 Å². The SMILES string of the molecule is O=C(O)c1cccc2ccccc12.[Mn].[Zr]. The first-order valence-corrected chi connectivity index (χ1v) is 4.00. The molecule has 2 aromatic rings. The molecule has 15 heavy (non-hydrogen) atoms. The van der Waals surface area contributed by atoms with Crippen LogP contribution in [0.3, 0.4) is 0 Å². The van der Waals surface area contributed by atoms with Gasteiger partial charge in [-0.05, 0) is 16.8 Å². The van der Waals surface area contributed by atoms with Gasteiger partial charge in [-0.3, -0.25) is 0 Å². The summed E-state index contributed by atoms with van der Waals surface area (Å²) in [7, 11) is 0. The quantitative estimate of drug-likeness (QED) is 0.821. The van der Waals surface area contributed by atoms with Crippen molar-refractivity contribution in [1.29, 1.82) is 0 Å². The number of rotatable bonds is 1. The average molecular weight is 318 g/mol. The Balaban J connectivity index is 0.000000980. The molecule has 0 aromatic heterocycles. The Kier molecular flexibility index (Phi) is 6.04. The van der Waals surface area contributed by atoms with Gasteiger partial charge in [0.1, 0.15) is 0 Å². The van der Waals surface area contributed by atoms with Gasteiger partial charge in [-0.25, -0.2) is 4.79 Å². The maximum atomic E-state index is 10.8. The summed E-state index contributed by atoms with van der Waals surface area (Å²) in [5.74, 6) is -0.878. The van der Waals surface area contributed by atoms with E-state index in [2.05, 4.69) is 0 Å². The summed E-state index contributed by atoms with van der Waals surface area (Å²) in [6, 6.07) is 12.7. The van der Waals surface area contributed by atoms with Crippen LogP contribution in [0.2, 0.25) is 0 Å². The van der Waals surface area contributed by atoms with Crippen LogP contribution in [-0.4, -0.2) is 11.1 Å². The third kappa shape index (κ3) is 3.01. The van der Waals surface area contributed by atoms with Gasteiger partial charge in [0.25, 0.3) is 0 Å². The topological polar surface area (TPSA) is 37.3 Å². The minimum atomic E-state index is -0.878. The van der Waals surface area contributed by atoms with E-state index in [0.717, 1.165) is 10.8 Å². The van der Waals surface area contributed by atoms with Crippen molar-refractivity contribution in [2.45, 2.75) is 0 Å². The number of benzene rings is 2. The Labute approximate surface area is 117 Å². The molecule has 0 bridgehead atoms. The third-order valence-corrected chi connectivity index (χ3v) is 2.02. The maximum absolute atomic E-state index is 10.8. The molecule has 0 aliphatic carbocycles. The number of carboxylic acid groups (broad SMARTS) is 1. The van der Waals surface area contributed by atoms with E-state index in [-0.39, 0.29) is 43.3 Å². The fraction of sp³-hybridized carbons (Fsp3) is 0. The fourth-order valence-corrected chi connectivity index (χ4v) is 1.41. The van der Waals surface area contributed by atoms with Gasteiger partial charge >= 0.3 is 5.97 Å². The summed E-state index contributed by atoms with van der Waals surface area (Å²) in [5.41, 5.74) is 0.359. The van der Waals surface area contributed by atoms with Crippen molar-refractivity contribution in [3.8, 4) is 0 Å². The van der Waals surface area contributed by atoms with Crippen molar-refractivity contribution >= 4 is 16.7 Å². The first kappa shape index (κ1) is 14.6. The molecular formula is C11H8MnO2Zr. The van der Waals surface area contributed by atoms with Crippen LogP contribution in [0.25, 0.3) is 10.8 Å². The Hall–Kier alpha value is -0.427. The largest absolute Gasteiger partial charge is 0.478 e. The molecule has 0 fully saturated rings. The molecule has 75 valence electrons. The predicted molar refractivity (Wildman–Crippen MR) is 50.9 cm³/mol. The number of hydrogen-bond acceptors (Lipinski definition) is 1. The second kappa shape index (κ2) is 6.22. The van der Waals surface area contributed by atoms with Crippen LogP contribution in [0.4, 0.5) is 0 Å². The number of aromatic carboxylic acids is 1. The Bertz CT molecular complexity index is 466. The van der Waals surface area contributed by atoms with Gasteiger partial charge in [0.2, 0.25) is 0 Å². The van der Waals surface area contributed by atoms with Gasteiger partial charge in [-0.1, -0.05) is 36.4 Å². The van der Waals surface area contributed by atoms with Gasteiger partial charge in [-0.2, -0.15) is 0 Å². The van der Waals surface area contributed by atoms with Crippen LogP contribution in [0.1, 0.15) is 10.4 Å². The van der Waals surface area contributed by atoms with E-state index >= 15 is 0 Å². The fourth-order valence-electron chi connectivity index (χ4n) is 1.41. The van der Waals surface area contributed by atoms with Gasteiger partial charge in [0.15, 0.2) is 0 Å². The number of fused-ring (bicyclic) bond motifs is 1. The number of carboxylic acids is 1. The van der Waals surface area contributed by atoms with Crippen molar-refractivity contribution in [3.63, 3.8) is 0 Å². The molecule has 1 radical (unpaired) electrons. The van der Waals surface area contributed by atoms with E-state index in [0.29, 0.717) is 5.56 Å². The van der Waals surface area contributed by atoms with Crippen molar-refractivity contribution in [2.75, 3.05) is 0 Å². The zero-order chi connectivity index (χ0) is 9.26. The minimum Gasteiger partial charge on any atom is -0.478 e. The first-order chi connectivity index (χ1) is 6.29. The minimum absolute atomic E-state index is 0. The molecular weight excluding hydrogens is 310 g/mol. The second-order valence-electron chi connectivity index (χ2n) is 2.83. The van der Waals surface area contributed by atoms with Gasteiger partial charge in [0, 0.05) is 43.3 Å². The van der Waals surface area contributed by atoms with E-state index in [1.165, 1.54) is 0 Å². The molecule has 0 aliphatic heterocycles. The molecule has 0 spiro atoms. The summed E-state index contributed by atoms with van der Waals surface area (Å²) in [6.07, 6.45) is 0. The van der Waals surface area contributed by atoms with Crippen LogP contribution in [0.5, 0.6) is 0 Å². The Morgan fingerprint density at radius 3 is 2.27 bits per heavy atom. The normalized spacial score (nSPS) is 8.80. The number of hydrogen-bond donors (Lipinski definition) is 1. The summed E-state index contributed by atoms with van der Waals surface area (Å²) in [6.45, 7) is 0. The van der Waals surface area contributed by atoms with Crippen LogP contribution in [0.15, 0.2) is 42.5 Å². The van der Waals surface area contributed by atoms with Crippen LogP contribution in [-0.2, 0) is 43.3 Å². The molecule has 0 saturated carbocycles. The van der Waals surface area contributed by atoms with Crippen molar-refractivity contribution in [3.05, 3.63) is 48.0 Å². The molecule has 0 aliphatic rings. The Morgan fingerprint density at radius 2 is 1.60 bits per heavy atom. The van der Waals surface area contributed by atoms with E-state index in [1.54, 1.807) is 12.1 Å². The molecule has 0 atom stereocenters. The van der Waals surface area contributed by atoms with Crippen LogP contribution in [0, 0.1) is 0 Å². The zero-order valence-electron chi connectivity index (χ0n) is 7.77. The molecule has 2 rings (SSSR count). The average Bonchev–Trinajstić information content (AvgIpc) is 2.17. The molecule has 2 nitrogen and oxygen atoms in total. The van der Waals surface area contributed by atoms with E-state index in [1.807, 2.05) is 30.3 Å². The molecule has 2 aromatic carbocycles. The third-order valence-electron chi connectivity index (χ3n) is 2.02. The van der Waals surface area contributed by atoms with Crippen molar-refractivity contribution < 1.29 is 53.2 Å². The second-order valence-corrected chi connectivity index (χ2v) is 2.83. The van der Waals surface area contributed by atoms with Crippen molar-refractivity contribution in [2.24, 2.45) is 0 Å². The monoisotopic (exact) mass is 317 g/mol. The summed E-state index contributed by atoms with van der Waals surface area (Å²) < 4.78 is 0. The van der Waals surface area contributed by atoms with E-state index in [9.17, 15) is 4.79 Å². The smallest absolute Gasteiger partial charge is 0.336 e. The van der Waals surface area contributed by atoms with E-state index in [4.69, 9.17) is 5.11 Å². The number of carbonyl (C=O) groups is 1. The standard InChI is InChI=1S/C11H8O2.Mn.Zr/c12-11(13)10-7-3-5-8-4-1-2-6-9(8)10;;/h1-7H,(H,12,13);;. The molecule has 0 heterocycles. The first-order valence-electron chi connectivity index (χ1n) is 4.00. The molecule has 0 amide bonds. The summed E-state index contributed by atoms with van der Waals surface area (Å²) in [4.78, 5) is 10.8. The predicted octanol–water partition coefficient (Wildman–Crippen LogP) is 2.53. The maximum Gasteiger partial charge on any atom is 0.336 e. The van der Waals surface area contributed by atoms with Crippen molar-refractivity contribution in [1.82, 2.24) is 0 Å². The van der Waals surface area contributed by atoms with Gasteiger partial charge < -0.3 is 5.11 Å². The van der Waals surface area contributed by atoms with Gasteiger partial charge in [0.05, 0.1) is 5.56 Å². The van der Waals surface area contributed by atoms with E-state index < -0.39 is 5.97 Å². The summed E-state index contributed by atoms with van der Waals surface area (Å²) in [5, 5.41) is 10.6.